The van der Waals surface area contributed by atoms with Gasteiger partial charge >= 0.3 is 0 Å². The van der Waals surface area contributed by atoms with E-state index in [4.69, 9.17) is 0 Å². The van der Waals surface area contributed by atoms with Gasteiger partial charge in [0.2, 0.25) is 0 Å². The summed E-state index contributed by atoms with van der Waals surface area (Å²) in [7, 11) is 4.04. The zero-order valence-electron chi connectivity index (χ0n) is 13.4. The van der Waals surface area contributed by atoms with Gasteiger partial charge in [-0.1, -0.05) is 18.2 Å². The third kappa shape index (κ3) is 2.63. The summed E-state index contributed by atoms with van der Waals surface area (Å²) in [6.45, 7) is 8.62. The van der Waals surface area contributed by atoms with Gasteiger partial charge in [-0.05, 0) is 57.9 Å². The SMILES string of the molecule is CNC(Cc1c(C)cccc1C)c1c(C)nn(C)c1C. The first-order chi connectivity index (χ1) is 9.45. The molecule has 3 nitrogen and oxygen atoms in total. The monoisotopic (exact) mass is 271 g/mol. The average Bonchev–Trinajstić information content (AvgIpc) is 2.64. The van der Waals surface area contributed by atoms with Crippen LogP contribution in [0.5, 0.6) is 0 Å². The minimum atomic E-state index is 0.309. The molecule has 0 aliphatic carbocycles. The van der Waals surface area contributed by atoms with Crippen molar-refractivity contribution in [3.63, 3.8) is 0 Å². The van der Waals surface area contributed by atoms with Crippen molar-refractivity contribution in [1.82, 2.24) is 15.1 Å². The molecule has 2 rings (SSSR count). The van der Waals surface area contributed by atoms with E-state index in [-0.39, 0.29) is 0 Å². The van der Waals surface area contributed by atoms with E-state index < -0.39 is 0 Å². The molecule has 1 N–H and O–H groups in total. The summed E-state index contributed by atoms with van der Waals surface area (Å²) in [4.78, 5) is 0. The first-order valence-electron chi connectivity index (χ1n) is 7.18. The molecule has 1 heterocycles. The van der Waals surface area contributed by atoms with E-state index in [0.717, 1.165) is 12.1 Å². The summed E-state index contributed by atoms with van der Waals surface area (Å²) in [5.41, 5.74) is 7.87. The maximum absolute atomic E-state index is 4.54. The van der Waals surface area contributed by atoms with Gasteiger partial charge in [0.05, 0.1) is 5.69 Å². The molecule has 1 aromatic carbocycles. The lowest BCUT2D eigenvalue weighted by Gasteiger charge is -2.20. The third-order valence-corrected chi connectivity index (χ3v) is 4.31. The van der Waals surface area contributed by atoms with Crippen LogP contribution in [0.1, 0.15) is 39.7 Å². The largest absolute Gasteiger partial charge is 0.313 e. The fourth-order valence-electron chi connectivity index (χ4n) is 3.02. The lowest BCUT2D eigenvalue weighted by atomic mass is 9.92. The van der Waals surface area contributed by atoms with E-state index in [2.05, 4.69) is 56.3 Å². The Morgan fingerprint density at radius 3 is 2.20 bits per heavy atom. The molecule has 0 amide bonds. The second-order valence-corrected chi connectivity index (χ2v) is 5.62. The van der Waals surface area contributed by atoms with Crippen LogP contribution >= 0.6 is 0 Å². The molecular weight excluding hydrogens is 246 g/mol. The highest BCUT2D eigenvalue weighted by Crippen LogP contribution is 2.26. The molecule has 0 aliphatic heterocycles. The lowest BCUT2D eigenvalue weighted by Crippen LogP contribution is -2.21. The molecule has 2 aromatic rings. The van der Waals surface area contributed by atoms with E-state index in [1.807, 2.05) is 18.8 Å². The normalized spacial score (nSPS) is 12.7. The van der Waals surface area contributed by atoms with Crippen LogP contribution in [0.15, 0.2) is 18.2 Å². The Balaban J connectivity index is 2.39. The molecule has 1 aromatic heterocycles. The number of benzene rings is 1. The highest BCUT2D eigenvalue weighted by molar-refractivity contribution is 5.37. The molecule has 0 saturated heterocycles. The second kappa shape index (κ2) is 5.80. The van der Waals surface area contributed by atoms with Crippen molar-refractivity contribution >= 4 is 0 Å². The molecule has 0 aliphatic rings. The summed E-state index contributed by atoms with van der Waals surface area (Å²) in [5.74, 6) is 0. The van der Waals surface area contributed by atoms with Crippen LogP contribution in [-0.2, 0) is 13.5 Å². The number of hydrogen-bond donors (Lipinski definition) is 1. The molecule has 0 bridgehead atoms. The topological polar surface area (TPSA) is 29.9 Å². The van der Waals surface area contributed by atoms with Gasteiger partial charge in [-0.25, -0.2) is 0 Å². The molecule has 0 saturated carbocycles. The van der Waals surface area contributed by atoms with Crippen molar-refractivity contribution in [2.45, 2.75) is 40.2 Å². The number of nitrogens with zero attached hydrogens (tertiary/aromatic N) is 2. The van der Waals surface area contributed by atoms with Gasteiger partial charge in [0, 0.05) is 24.3 Å². The van der Waals surface area contributed by atoms with Crippen LogP contribution < -0.4 is 5.32 Å². The van der Waals surface area contributed by atoms with Crippen LogP contribution in [-0.4, -0.2) is 16.8 Å². The average molecular weight is 271 g/mol. The number of rotatable bonds is 4. The quantitative estimate of drug-likeness (QED) is 0.925. The van der Waals surface area contributed by atoms with Crippen molar-refractivity contribution < 1.29 is 0 Å². The van der Waals surface area contributed by atoms with Gasteiger partial charge in [0.25, 0.3) is 0 Å². The zero-order chi connectivity index (χ0) is 14.9. The molecular formula is C17H25N3. The highest BCUT2D eigenvalue weighted by atomic mass is 15.3. The van der Waals surface area contributed by atoms with Crippen LogP contribution in [0.4, 0.5) is 0 Å². The standard InChI is InChI=1S/C17H25N3/c1-11-8-7-9-12(2)15(11)10-16(18-5)17-13(3)19-20(6)14(17)4/h7-9,16,18H,10H2,1-6H3. The van der Waals surface area contributed by atoms with Crippen LogP contribution in [0.25, 0.3) is 0 Å². The van der Waals surface area contributed by atoms with Gasteiger partial charge in [0.1, 0.15) is 0 Å². The van der Waals surface area contributed by atoms with Crippen molar-refractivity contribution in [3.05, 3.63) is 51.8 Å². The predicted octanol–water partition coefficient (Wildman–Crippen LogP) is 3.16. The van der Waals surface area contributed by atoms with Crippen LogP contribution in [0.2, 0.25) is 0 Å². The minimum Gasteiger partial charge on any atom is -0.313 e. The van der Waals surface area contributed by atoms with Crippen molar-refractivity contribution in [1.29, 1.82) is 0 Å². The van der Waals surface area contributed by atoms with Crippen molar-refractivity contribution in [3.8, 4) is 0 Å². The maximum Gasteiger partial charge on any atom is 0.0644 e. The minimum absolute atomic E-state index is 0.309. The molecule has 0 radical (unpaired) electrons. The lowest BCUT2D eigenvalue weighted by molar-refractivity contribution is 0.581. The second-order valence-electron chi connectivity index (χ2n) is 5.62. The zero-order valence-corrected chi connectivity index (χ0v) is 13.4. The summed E-state index contributed by atoms with van der Waals surface area (Å²) < 4.78 is 1.97. The molecule has 0 spiro atoms. The Bertz CT molecular complexity index is 591. The first kappa shape index (κ1) is 14.8. The Kier molecular flexibility index (Phi) is 4.29. The Morgan fingerprint density at radius 2 is 1.75 bits per heavy atom. The number of aryl methyl sites for hydroxylation is 4. The third-order valence-electron chi connectivity index (χ3n) is 4.31. The van der Waals surface area contributed by atoms with Gasteiger partial charge in [-0.3, -0.25) is 4.68 Å². The molecule has 0 fully saturated rings. The number of nitrogens with one attached hydrogen (secondary N) is 1. The fourth-order valence-corrected chi connectivity index (χ4v) is 3.02. The van der Waals surface area contributed by atoms with Crippen molar-refractivity contribution in [2.75, 3.05) is 7.05 Å². The van der Waals surface area contributed by atoms with Crippen molar-refractivity contribution in [2.24, 2.45) is 7.05 Å². The van der Waals surface area contributed by atoms with Crippen LogP contribution in [0.3, 0.4) is 0 Å². The fraction of sp³-hybridized carbons (Fsp3) is 0.471. The Morgan fingerprint density at radius 1 is 1.15 bits per heavy atom. The molecule has 1 unspecified atom stereocenters. The number of hydrogen-bond acceptors (Lipinski definition) is 2. The summed E-state index contributed by atoms with van der Waals surface area (Å²) in [5, 5.41) is 8.01. The Hall–Kier alpha value is -1.61. The van der Waals surface area contributed by atoms with Gasteiger partial charge in [-0.2, -0.15) is 5.10 Å². The number of aromatic nitrogens is 2. The van der Waals surface area contributed by atoms with E-state index in [1.54, 1.807) is 0 Å². The smallest absolute Gasteiger partial charge is 0.0644 e. The maximum atomic E-state index is 4.54. The number of likely N-dealkylation sites (N-methyl/N-ethyl adjacent to an activating group) is 1. The Labute approximate surface area is 122 Å². The molecule has 108 valence electrons. The van der Waals surface area contributed by atoms with Crippen LogP contribution in [0, 0.1) is 27.7 Å². The molecule has 1 atom stereocenters. The van der Waals surface area contributed by atoms with E-state index in [0.29, 0.717) is 6.04 Å². The molecule has 20 heavy (non-hydrogen) atoms. The summed E-state index contributed by atoms with van der Waals surface area (Å²) in [6.07, 6.45) is 1.00. The highest BCUT2D eigenvalue weighted by Gasteiger charge is 2.20. The van der Waals surface area contributed by atoms with Gasteiger partial charge in [0.15, 0.2) is 0 Å². The van der Waals surface area contributed by atoms with E-state index >= 15 is 0 Å². The van der Waals surface area contributed by atoms with Gasteiger partial charge in [-0.15, -0.1) is 0 Å². The summed E-state index contributed by atoms with van der Waals surface area (Å²) >= 11 is 0. The summed E-state index contributed by atoms with van der Waals surface area (Å²) in [6, 6.07) is 6.82. The first-order valence-corrected chi connectivity index (χ1v) is 7.18. The van der Waals surface area contributed by atoms with E-state index in [9.17, 15) is 0 Å². The van der Waals surface area contributed by atoms with Gasteiger partial charge < -0.3 is 5.32 Å². The van der Waals surface area contributed by atoms with E-state index in [1.165, 1.54) is 27.9 Å². The predicted molar refractivity (Wildman–Crippen MR) is 84.1 cm³/mol. The molecule has 3 heteroatoms.